The van der Waals surface area contributed by atoms with Gasteiger partial charge in [-0.15, -0.1) is 0 Å². The van der Waals surface area contributed by atoms with Crippen LogP contribution in [-0.4, -0.2) is 18.0 Å². The largest absolute Gasteiger partial charge is 0.299 e. The third kappa shape index (κ3) is 5.74. The van der Waals surface area contributed by atoms with Crippen molar-refractivity contribution in [2.45, 2.75) is 45.6 Å². The predicted octanol–water partition coefficient (Wildman–Crippen LogP) is 7.76. The molecule has 0 aromatic heterocycles. The number of hydrogen-bond donors (Lipinski definition) is 0. The number of allylic oxidation sites excluding steroid dienone is 1. The molecule has 4 rings (SSSR count). The van der Waals surface area contributed by atoms with Gasteiger partial charge in [-0.3, -0.25) is 4.90 Å². The molecule has 1 heterocycles. The van der Waals surface area contributed by atoms with Crippen LogP contribution in [0.25, 0.3) is 16.7 Å². The van der Waals surface area contributed by atoms with Gasteiger partial charge < -0.3 is 0 Å². The Balaban J connectivity index is 1.28. The summed E-state index contributed by atoms with van der Waals surface area (Å²) in [6, 6.07) is 28.2. The molecule has 0 unspecified atom stereocenters. The first-order chi connectivity index (χ1) is 15.2. The van der Waals surface area contributed by atoms with Crippen molar-refractivity contribution in [2.24, 2.45) is 5.92 Å². The average Bonchev–Trinajstić information content (AvgIpc) is 2.81. The molecule has 0 N–H and O–H groups in total. The molecular formula is C30H35N. The number of piperidine rings is 1. The highest BCUT2D eigenvalue weighted by Gasteiger charge is 2.19. The van der Waals surface area contributed by atoms with Crippen LogP contribution in [0.2, 0.25) is 0 Å². The molecule has 160 valence electrons. The fourth-order valence-electron chi connectivity index (χ4n) is 5.00. The van der Waals surface area contributed by atoms with E-state index < -0.39 is 0 Å². The highest BCUT2D eigenvalue weighted by molar-refractivity contribution is 5.82. The minimum atomic E-state index is 0.866. The monoisotopic (exact) mass is 409 g/mol. The molecule has 0 saturated carbocycles. The van der Waals surface area contributed by atoms with E-state index in [4.69, 9.17) is 0 Å². The summed E-state index contributed by atoms with van der Waals surface area (Å²) in [5.74, 6) is 0.866. The second kappa shape index (κ2) is 10.6. The first kappa shape index (κ1) is 21.6. The summed E-state index contributed by atoms with van der Waals surface area (Å²) < 4.78 is 0. The zero-order valence-corrected chi connectivity index (χ0v) is 18.9. The summed E-state index contributed by atoms with van der Waals surface area (Å²) in [7, 11) is 0. The van der Waals surface area contributed by atoms with Gasteiger partial charge in [0, 0.05) is 6.54 Å². The lowest BCUT2D eigenvalue weighted by Crippen LogP contribution is -2.33. The molecule has 3 aromatic rings. The van der Waals surface area contributed by atoms with Crippen molar-refractivity contribution >= 4 is 5.57 Å². The number of nitrogens with zero attached hydrogens (tertiary/aromatic N) is 1. The number of benzene rings is 3. The molecule has 1 saturated heterocycles. The number of hydrogen-bond acceptors (Lipinski definition) is 1. The van der Waals surface area contributed by atoms with Gasteiger partial charge in [-0.05, 0) is 85.0 Å². The summed E-state index contributed by atoms with van der Waals surface area (Å²) in [6.45, 7) is 10.3. The van der Waals surface area contributed by atoms with E-state index in [9.17, 15) is 0 Å². The van der Waals surface area contributed by atoms with Gasteiger partial charge in [0.2, 0.25) is 0 Å². The second-order valence-electron chi connectivity index (χ2n) is 9.06. The molecule has 0 bridgehead atoms. The lowest BCUT2D eigenvalue weighted by Gasteiger charge is -2.32. The Morgan fingerprint density at radius 2 is 1.55 bits per heavy atom. The molecule has 0 amide bonds. The molecule has 1 aliphatic heterocycles. The van der Waals surface area contributed by atoms with Crippen molar-refractivity contribution in [2.75, 3.05) is 13.1 Å². The predicted molar refractivity (Wildman–Crippen MR) is 134 cm³/mol. The lowest BCUT2D eigenvalue weighted by atomic mass is 9.87. The second-order valence-corrected chi connectivity index (χ2v) is 9.06. The van der Waals surface area contributed by atoms with Crippen LogP contribution < -0.4 is 0 Å². The zero-order valence-electron chi connectivity index (χ0n) is 18.9. The van der Waals surface area contributed by atoms with E-state index >= 15 is 0 Å². The van der Waals surface area contributed by atoms with Crippen molar-refractivity contribution in [3.63, 3.8) is 0 Å². The van der Waals surface area contributed by atoms with E-state index in [1.807, 2.05) is 0 Å². The Morgan fingerprint density at radius 3 is 2.26 bits per heavy atom. The van der Waals surface area contributed by atoms with E-state index in [0.717, 1.165) is 18.9 Å². The van der Waals surface area contributed by atoms with E-state index in [1.54, 1.807) is 0 Å². The third-order valence-electron chi connectivity index (χ3n) is 6.76. The van der Waals surface area contributed by atoms with Crippen LogP contribution in [0.15, 0.2) is 85.4 Å². The fraction of sp³-hybridized carbons (Fsp3) is 0.333. The number of likely N-dealkylation sites (tertiary alicyclic amines) is 1. The van der Waals surface area contributed by atoms with Crippen molar-refractivity contribution in [1.29, 1.82) is 0 Å². The highest BCUT2D eigenvalue weighted by atomic mass is 15.1. The standard InChI is InChI=1S/C30H35N/c1-24(30-25(2)12-10-18-29(30)28-16-7-4-8-17-28)11-9-15-26-19-21-31(22-20-26)23-27-13-5-3-6-14-27/h3-8,10,12-14,16-18,26H,1,9,11,15,19-23H2,2H3. The summed E-state index contributed by atoms with van der Waals surface area (Å²) in [4.78, 5) is 2.62. The van der Waals surface area contributed by atoms with Crippen molar-refractivity contribution in [1.82, 2.24) is 4.90 Å². The molecule has 1 nitrogen and oxygen atoms in total. The topological polar surface area (TPSA) is 3.24 Å². The number of rotatable bonds is 8. The van der Waals surface area contributed by atoms with Crippen LogP contribution >= 0.6 is 0 Å². The van der Waals surface area contributed by atoms with Crippen LogP contribution in [0, 0.1) is 12.8 Å². The summed E-state index contributed by atoms with van der Waals surface area (Å²) in [5, 5.41) is 0. The Labute approximate surface area is 188 Å². The molecule has 31 heavy (non-hydrogen) atoms. The van der Waals surface area contributed by atoms with Gasteiger partial charge in [-0.1, -0.05) is 91.9 Å². The highest BCUT2D eigenvalue weighted by Crippen LogP contribution is 2.34. The fourth-order valence-corrected chi connectivity index (χ4v) is 5.00. The maximum absolute atomic E-state index is 4.51. The minimum absolute atomic E-state index is 0.866. The van der Waals surface area contributed by atoms with Crippen LogP contribution in [0.3, 0.4) is 0 Å². The zero-order chi connectivity index (χ0) is 21.5. The molecular weight excluding hydrogens is 374 g/mol. The molecule has 0 radical (unpaired) electrons. The normalized spacial score (nSPS) is 15.1. The van der Waals surface area contributed by atoms with Crippen LogP contribution in [0.1, 0.15) is 48.8 Å². The number of aryl methyl sites for hydroxylation is 1. The minimum Gasteiger partial charge on any atom is -0.299 e. The molecule has 0 aliphatic carbocycles. The Bertz CT molecular complexity index is 966. The molecule has 3 aromatic carbocycles. The smallest absolute Gasteiger partial charge is 0.0233 e. The van der Waals surface area contributed by atoms with Crippen LogP contribution in [-0.2, 0) is 6.54 Å². The van der Waals surface area contributed by atoms with Crippen molar-refractivity contribution in [3.8, 4) is 11.1 Å². The van der Waals surface area contributed by atoms with Crippen LogP contribution in [0.5, 0.6) is 0 Å². The van der Waals surface area contributed by atoms with E-state index in [0.29, 0.717) is 0 Å². The van der Waals surface area contributed by atoms with Crippen LogP contribution in [0.4, 0.5) is 0 Å². The average molecular weight is 410 g/mol. The Hall–Kier alpha value is -2.64. The summed E-state index contributed by atoms with van der Waals surface area (Å²) in [5.41, 5.74) is 8.02. The van der Waals surface area contributed by atoms with Gasteiger partial charge in [0.25, 0.3) is 0 Å². The van der Waals surface area contributed by atoms with Gasteiger partial charge in [0.15, 0.2) is 0 Å². The van der Waals surface area contributed by atoms with E-state index in [1.165, 1.54) is 72.2 Å². The van der Waals surface area contributed by atoms with Crippen molar-refractivity contribution in [3.05, 3.63) is 102 Å². The molecule has 1 aliphatic rings. The molecule has 0 atom stereocenters. The maximum atomic E-state index is 4.51. The van der Waals surface area contributed by atoms with E-state index in [2.05, 4.69) is 97.3 Å². The van der Waals surface area contributed by atoms with Crippen molar-refractivity contribution < 1.29 is 0 Å². The maximum Gasteiger partial charge on any atom is 0.0233 e. The molecule has 0 spiro atoms. The Morgan fingerprint density at radius 1 is 0.871 bits per heavy atom. The SMILES string of the molecule is C=C(CCCC1CCN(Cc2ccccc2)CC1)c1c(C)cccc1-c1ccccc1. The van der Waals surface area contributed by atoms with E-state index in [-0.39, 0.29) is 0 Å². The summed E-state index contributed by atoms with van der Waals surface area (Å²) in [6.07, 6.45) is 6.32. The quantitative estimate of drug-likeness (QED) is 0.367. The third-order valence-corrected chi connectivity index (χ3v) is 6.76. The van der Waals surface area contributed by atoms with Gasteiger partial charge in [-0.2, -0.15) is 0 Å². The lowest BCUT2D eigenvalue weighted by molar-refractivity contribution is 0.171. The summed E-state index contributed by atoms with van der Waals surface area (Å²) >= 11 is 0. The van der Waals surface area contributed by atoms with Gasteiger partial charge >= 0.3 is 0 Å². The van der Waals surface area contributed by atoms with Gasteiger partial charge in [-0.25, -0.2) is 0 Å². The first-order valence-corrected chi connectivity index (χ1v) is 11.8. The van der Waals surface area contributed by atoms with Gasteiger partial charge in [0.05, 0.1) is 0 Å². The Kier molecular flexibility index (Phi) is 7.38. The molecule has 1 heteroatoms. The first-order valence-electron chi connectivity index (χ1n) is 11.8. The van der Waals surface area contributed by atoms with Gasteiger partial charge in [0.1, 0.15) is 0 Å². The molecule has 1 fully saturated rings.